The Morgan fingerprint density at radius 3 is 2.35 bits per heavy atom. The molecule has 0 aromatic rings. The van der Waals surface area contributed by atoms with E-state index in [-0.39, 0.29) is 24.0 Å². The highest BCUT2D eigenvalue weighted by molar-refractivity contribution is 14.0. The first-order valence-electron chi connectivity index (χ1n) is 10.4. The first-order chi connectivity index (χ1) is 12.2. The maximum absolute atomic E-state index is 5.61. The number of nitrogens with one attached hydrogen (secondary N) is 2. The SMILES string of the molecule is CCOCCC1(CNC(=NC)NCCCCN(CC)CC)CCCC1.I. The zero-order valence-electron chi connectivity index (χ0n) is 17.6. The standard InChI is InChI=1S/C20H42N4O.HI/c1-5-24(6-2)16-11-10-15-22-19(21-4)23-18-20(12-8-9-13-20)14-17-25-7-3;/h5-18H2,1-4H3,(H2,21,22,23);1H. The second kappa shape index (κ2) is 15.9. The van der Waals surface area contributed by atoms with E-state index in [0.717, 1.165) is 51.8 Å². The van der Waals surface area contributed by atoms with Crippen LogP contribution in [0.1, 0.15) is 65.7 Å². The van der Waals surface area contributed by atoms with Crippen LogP contribution in [-0.2, 0) is 4.74 Å². The third-order valence-electron chi connectivity index (χ3n) is 5.59. The van der Waals surface area contributed by atoms with Crippen molar-refractivity contribution < 1.29 is 4.74 Å². The van der Waals surface area contributed by atoms with Gasteiger partial charge >= 0.3 is 0 Å². The molecule has 0 unspecified atom stereocenters. The molecule has 2 N–H and O–H groups in total. The monoisotopic (exact) mass is 482 g/mol. The van der Waals surface area contributed by atoms with E-state index in [0.29, 0.717) is 5.41 Å². The van der Waals surface area contributed by atoms with E-state index in [9.17, 15) is 0 Å². The summed E-state index contributed by atoms with van der Waals surface area (Å²) >= 11 is 0. The fraction of sp³-hybridized carbons (Fsp3) is 0.950. The van der Waals surface area contributed by atoms with Gasteiger partial charge in [0.15, 0.2) is 5.96 Å². The third kappa shape index (κ3) is 10.3. The van der Waals surface area contributed by atoms with Crippen LogP contribution in [0.25, 0.3) is 0 Å². The number of rotatable bonds is 13. The minimum atomic E-state index is 0. The fourth-order valence-electron chi connectivity index (χ4n) is 3.77. The molecule has 0 saturated heterocycles. The van der Waals surface area contributed by atoms with Gasteiger partial charge in [-0.2, -0.15) is 0 Å². The van der Waals surface area contributed by atoms with Crippen molar-refractivity contribution in [1.29, 1.82) is 0 Å². The molecule has 0 radical (unpaired) electrons. The lowest BCUT2D eigenvalue weighted by Gasteiger charge is -2.30. The van der Waals surface area contributed by atoms with Crippen LogP contribution in [0.15, 0.2) is 4.99 Å². The number of halogens is 1. The van der Waals surface area contributed by atoms with Gasteiger partial charge in [0.1, 0.15) is 0 Å². The van der Waals surface area contributed by atoms with Crippen molar-refractivity contribution in [3.05, 3.63) is 0 Å². The van der Waals surface area contributed by atoms with Crippen LogP contribution in [0.3, 0.4) is 0 Å². The van der Waals surface area contributed by atoms with Crippen molar-refractivity contribution in [2.24, 2.45) is 10.4 Å². The second-order valence-corrected chi connectivity index (χ2v) is 7.24. The smallest absolute Gasteiger partial charge is 0.190 e. The number of guanidine groups is 1. The molecule has 1 saturated carbocycles. The summed E-state index contributed by atoms with van der Waals surface area (Å²) in [5, 5.41) is 7.05. The molecule has 1 rings (SSSR count). The molecule has 6 heteroatoms. The molecule has 1 fully saturated rings. The molecule has 0 bridgehead atoms. The lowest BCUT2D eigenvalue weighted by molar-refractivity contribution is 0.105. The van der Waals surface area contributed by atoms with E-state index in [1.54, 1.807) is 0 Å². The van der Waals surface area contributed by atoms with Gasteiger partial charge in [0.05, 0.1) is 0 Å². The van der Waals surface area contributed by atoms with Crippen LogP contribution in [-0.4, -0.2) is 63.8 Å². The highest BCUT2D eigenvalue weighted by Crippen LogP contribution is 2.40. The molecule has 0 aromatic heterocycles. The van der Waals surface area contributed by atoms with Gasteiger partial charge in [-0.3, -0.25) is 4.99 Å². The molecule has 26 heavy (non-hydrogen) atoms. The fourth-order valence-corrected chi connectivity index (χ4v) is 3.77. The van der Waals surface area contributed by atoms with Gasteiger partial charge in [-0.1, -0.05) is 26.7 Å². The molecule has 5 nitrogen and oxygen atoms in total. The molecule has 0 atom stereocenters. The van der Waals surface area contributed by atoms with Gasteiger partial charge in [-0.25, -0.2) is 0 Å². The maximum Gasteiger partial charge on any atom is 0.190 e. The molecule has 0 amide bonds. The van der Waals surface area contributed by atoms with Gasteiger partial charge in [0.2, 0.25) is 0 Å². The summed E-state index contributed by atoms with van der Waals surface area (Å²) in [7, 11) is 1.87. The molecule has 1 aliphatic carbocycles. The quantitative estimate of drug-likeness (QED) is 0.181. The minimum Gasteiger partial charge on any atom is -0.382 e. The normalized spacial score (nSPS) is 16.6. The molecular weight excluding hydrogens is 439 g/mol. The van der Waals surface area contributed by atoms with Crippen LogP contribution in [0.2, 0.25) is 0 Å². The Labute approximate surface area is 179 Å². The lowest BCUT2D eigenvalue weighted by atomic mass is 9.83. The van der Waals surface area contributed by atoms with E-state index >= 15 is 0 Å². The third-order valence-corrected chi connectivity index (χ3v) is 5.59. The highest BCUT2D eigenvalue weighted by Gasteiger charge is 2.33. The zero-order chi connectivity index (χ0) is 18.4. The van der Waals surface area contributed by atoms with Crippen molar-refractivity contribution in [3.63, 3.8) is 0 Å². The van der Waals surface area contributed by atoms with Crippen molar-refractivity contribution in [1.82, 2.24) is 15.5 Å². The van der Waals surface area contributed by atoms with Gasteiger partial charge in [0, 0.05) is 33.4 Å². The first-order valence-corrected chi connectivity index (χ1v) is 10.4. The minimum absolute atomic E-state index is 0. The van der Waals surface area contributed by atoms with Crippen molar-refractivity contribution in [2.75, 3.05) is 53.0 Å². The summed E-state index contributed by atoms with van der Waals surface area (Å²) in [5.41, 5.74) is 0.398. The topological polar surface area (TPSA) is 48.9 Å². The van der Waals surface area contributed by atoms with E-state index < -0.39 is 0 Å². The average Bonchev–Trinajstić information content (AvgIpc) is 3.10. The molecular formula is C20H43IN4O. The van der Waals surface area contributed by atoms with Crippen LogP contribution in [0, 0.1) is 5.41 Å². The summed E-state index contributed by atoms with van der Waals surface area (Å²) in [6.45, 7) is 13.7. The number of unbranched alkanes of at least 4 members (excludes halogenated alkanes) is 1. The largest absolute Gasteiger partial charge is 0.382 e. The van der Waals surface area contributed by atoms with E-state index in [2.05, 4.69) is 41.3 Å². The Morgan fingerprint density at radius 1 is 1.08 bits per heavy atom. The number of ether oxygens (including phenoxy) is 1. The summed E-state index contributed by atoms with van der Waals surface area (Å²) < 4.78 is 5.61. The van der Waals surface area contributed by atoms with E-state index in [1.807, 2.05) is 7.05 Å². The Morgan fingerprint density at radius 2 is 1.77 bits per heavy atom. The molecule has 0 aromatic carbocycles. The van der Waals surface area contributed by atoms with Crippen molar-refractivity contribution in [3.8, 4) is 0 Å². The van der Waals surface area contributed by atoms with Gasteiger partial charge in [-0.15, -0.1) is 24.0 Å². The average molecular weight is 482 g/mol. The van der Waals surface area contributed by atoms with Crippen LogP contribution in [0.4, 0.5) is 0 Å². The second-order valence-electron chi connectivity index (χ2n) is 7.24. The Bertz CT molecular complexity index is 356. The summed E-state index contributed by atoms with van der Waals surface area (Å²) in [6, 6.07) is 0. The van der Waals surface area contributed by atoms with Gasteiger partial charge < -0.3 is 20.3 Å². The molecule has 156 valence electrons. The summed E-state index contributed by atoms with van der Waals surface area (Å²) in [4.78, 5) is 6.88. The molecule has 0 aliphatic heterocycles. The van der Waals surface area contributed by atoms with E-state index in [4.69, 9.17) is 4.74 Å². The number of aliphatic imine (C=N–C) groups is 1. The zero-order valence-corrected chi connectivity index (χ0v) is 19.9. The van der Waals surface area contributed by atoms with Crippen molar-refractivity contribution in [2.45, 2.75) is 65.7 Å². The Kier molecular flexibility index (Phi) is 15.9. The summed E-state index contributed by atoms with van der Waals surface area (Å²) in [5.74, 6) is 0.950. The number of nitrogens with zero attached hydrogens (tertiary/aromatic N) is 2. The van der Waals surface area contributed by atoms with E-state index in [1.165, 1.54) is 45.1 Å². The van der Waals surface area contributed by atoms with Crippen LogP contribution >= 0.6 is 24.0 Å². The van der Waals surface area contributed by atoms with Crippen LogP contribution < -0.4 is 10.6 Å². The number of hydrogen-bond acceptors (Lipinski definition) is 3. The Balaban J connectivity index is 0.00000625. The maximum atomic E-state index is 5.61. The van der Waals surface area contributed by atoms with Gasteiger partial charge in [-0.05, 0) is 64.1 Å². The van der Waals surface area contributed by atoms with Crippen molar-refractivity contribution >= 4 is 29.9 Å². The first kappa shape index (κ1) is 25.9. The predicted octanol–water partition coefficient (Wildman–Crippen LogP) is 3.88. The lowest BCUT2D eigenvalue weighted by Crippen LogP contribution is -2.43. The predicted molar refractivity (Wildman–Crippen MR) is 124 cm³/mol. The Hall–Kier alpha value is -0.0800. The summed E-state index contributed by atoms with van der Waals surface area (Å²) in [6.07, 6.45) is 8.92. The molecule has 0 spiro atoms. The van der Waals surface area contributed by atoms with Gasteiger partial charge in [0.25, 0.3) is 0 Å². The molecule has 0 heterocycles. The highest BCUT2D eigenvalue weighted by atomic mass is 127. The number of hydrogen-bond donors (Lipinski definition) is 2. The van der Waals surface area contributed by atoms with Crippen LogP contribution in [0.5, 0.6) is 0 Å². The molecule has 1 aliphatic rings.